The van der Waals surface area contributed by atoms with Crippen LogP contribution in [0.3, 0.4) is 0 Å². The number of aromatic nitrogens is 4. The Labute approximate surface area is 192 Å². The van der Waals surface area contributed by atoms with Gasteiger partial charge in [0.2, 0.25) is 5.95 Å². The number of halogens is 2. The minimum Gasteiger partial charge on any atom is -0.341 e. The molecule has 1 N–H and O–H groups in total. The van der Waals surface area contributed by atoms with Gasteiger partial charge in [-0.05, 0) is 75.9 Å². The normalized spacial score (nSPS) is 18.9. The Morgan fingerprint density at radius 1 is 1.00 bits per heavy atom. The van der Waals surface area contributed by atoms with Crippen molar-refractivity contribution in [2.24, 2.45) is 11.8 Å². The first-order valence-electron chi connectivity index (χ1n) is 11.2. The average molecular weight is 456 g/mol. The van der Waals surface area contributed by atoms with E-state index in [2.05, 4.69) is 37.1 Å². The van der Waals surface area contributed by atoms with Crippen LogP contribution in [0.4, 0.5) is 21.8 Å². The maximum atomic E-state index is 13.5. The third-order valence-corrected chi connectivity index (χ3v) is 7.09. The summed E-state index contributed by atoms with van der Waals surface area (Å²) in [5.74, 6) is 2.43. The van der Waals surface area contributed by atoms with Gasteiger partial charge in [-0.25, -0.2) is 24.3 Å². The summed E-state index contributed by atoms with van der Waals surface area (Å²) < 4.78 is 13.5. The second-order valence-electron chi connectivity index (χ2n) is 8.85. The first-order chi connectivity index (χ1) is 15.6. The molecule has 0 aliphatic carbocycles. The van der Waals surface area contributed by atoms with E-state index in [0.717, 1.165) is 24.9 Å². The summed E-state index contributed by atoms with van der Waals surface area (Å²) >= 11 is 5.92. The molecule has 0 bridgehead atoms. The number of anilines is 3. The van der Waals surface area contributed by atoms with Crippen LogP contribution < -0.4 is 10.2 Å². The van der Waals surface area contributed by atoms with Crippen molar-refractivity contribution < 1.29 is 4.39 Å². The van der Waals surface area contributed by atoms with Crippen molar-refractivity contribution in [1.29, 1.82) is 0 Å². The van der Waals surface area contributed by atoms with Crippen molar-refractivity contribution in [2.75, 3.05) is 43.4 Å². The van der Waals surface area contributed by atoms with Crippen molar-refractivity contribution in [2.45, 2.75) is 25.7 Å². The Morgan fingerprint density at radius 2 is 1.72 bits per heavy atom. The van der Waals surface area contributed by atoms with Crippen molar-refractivity contribution in [3.05, 3.63) is 41.6 Å². The molecule has 168 valence electrons. The minimum absolute atomic E-state index is 0.0520. The highest BCUT2D eigenvalue weighted by Crippen LogP contribution is 2.33. The zero-order valence-electron chi connectivity index (χ0n) is 18.1. The maximum absolute atomic E-state index is 13.5. The number of benzene rings is 1. The predicted molar refractivity (Wildman–Crippen MR) is 125 cm³/mol. The van der Waals surface area contributed by atoms with E-state index in [1.165, 1.54) is 57.2 Å². The Bertz CT molecular complexity index is 1090. The van der Waals surface area contributed by atoms with Gasteiger partial charge in [-0.15, -0.1) is 0 Å². The molecule has 32 heavy (non-hydrogen) atoms. The standard InChI is InChI=1S/C23H27ClFN7/c1-31-8-4-15(5-9-31)16-6-10-32(11-7-16)23-26-13-20-21(30-23)22(28-14-27-20)29-17-2-3-19(25)18(24)12-17/h2-3,12-16H,4-11H2,1H3,(H,27,28,29). The number of hydrogen-bond acceptors (Lipinski definition) is 7. The van der Waals surface area contributed by atoms with E-state index < -0.39 is 5.82 Å². The molecule has 0 unspecified atom stereocenters. The maximum Gasteiger partial charge on any atom is 0.226 e. The summed E-state index contributed by atoms with van der Waals surface area (Å²) in [6, 6.07) is 4.47. The van der Waals surface area contributed by atoms with E-state index in [1.54, 1.807) is 12.3 Å². The van der Waals surface area contributed by atoms with Gasteiger partial charge in [-0.3, -0.25) is 0 Å². The van der Waals surface area contributed by atoms with Crippen LogP contribution in [0.2, 0.25) is 5.02 Å². The van der Waals surface area contributed by atoms with Crippen LogP contribution in [0.5, 0.6) is 0 Å². The highest BCUT2D eigenvalue weighted by Gasteiger charge is 2.29. The van der Waals surface area contributed by atoms with Gasteiger partial charge in [0, 0.05) is 18.8 Å². The van der Waals surface area contributed by atoms with Crippen molar-refractivity contribution in [3.63, 3.8) is 0 Å². The van der Waals surface area contributed by atoms with Crippen LogP contribution in [0.15, 0.2) is 30.7 Å². The van der Waals surface area contributed by atoms with Crippen LogP contribution >= 0.6 is 11.6 Å². The van der Waals surface area contributed by atoms with Crippen molar-refractivity contribution >= 4 is 40.1 Å². The first kappa shape index (κ1) is 21.3. The molecule has 2 aliphatic rings. The summed E-state index contributed by atoms with van der Waals surface area (Å²) in [5, 5.41) is 3.24. The third-order valence-electron chi connectivity index (χ3n) is 6.80. The molecule has 2 aliphatic heterocycles. The fourth-order valence-corrected chi connectivity index (χ4v) is 5.05. The van der Waals surface area contributed by atoms with E-state index in [9.17, 15) is 4.39 Å². The van der Waals surface area contributed by atoms with Gasteiger partial charge in [0.05, 0.1) is 11.2 Å². The van der Waals surface area contributed by atoms with Crippen LogP contribution in [-0.4, -0.2) is 58.1 Å². The lowest BCUT2D eigenvalue weighted by atomic mass is 9.79. The highest BCUT2D eigenvalue weighted by molar-refractivity contribution is 6.31. The van der Waals surface area contributed by atoms with E-state index in [1.807, 2.05) is 0 Å². The molecule has 4 heterocycles. The number of likely N-dealkylation sites (tertiary alicyclic amines) is 1. The molecule has 7 nitrogen and oxygen atoms in total. The van der Waals surface area contributed by atoms with Crippen LogP contribution in [0, 0.1) is 17.7 Å². The van der Waals surface area contributed by atoms with Crippen LogP contribution in [0.25, 0.3) is 11.0 Å². The lowest BCUT2D eigenvalue weighted by Crippen LogP contribution is -2.40. The summed E-state index contributed by atoms with van der Waals surface area (Å²) in [5.41, 5.74) is 1.92. The Morgan fingerprint density at radius 3 is 2.44 bits per heavy atom. The zero-order valence-corrected chi connectivity index (χ0v) is 18.9. The van der Waals surface area contributed by atoms with Crippen LogP contribution in [-0.2, 0) is 0 Å². The van der Waals surface area contributed by atoms with Gasteiger partial charge in [-0.2, -0.15) is 0 Å². The molecular formula is C23H27ClFN7. The number of rotatable bonds is 4. The number of fused-ring (bicyclic) bond motifs is 1. The lowest BCUT2D eigenvalue weighted by Gasteiger charge is -2.39. The van der Waals surface area contributed by atoms with E-state index in [-0.39, 0.29) is 5.02 Å². The third kappa shape index (κ3) is 4.47. The molecule has 0 saturated carbocycles. The number of nitrogens with zero attached hydrogens (tertiary/aromatic N) is 6. The van der Waals surface area contributed by atoms with Crippen molar-refractivity contribution in [3.8, 4) is 0 Å². The number of nitrogens with one attached hydrogen (secondary N) is 1. The summed E-state index contributed by atoms with van der Waals surface area (Å²) in [6.45, 7) is 4.36. The van der Waals surface area contributed by atoms with E-state index in [4.69, 9.17) is 16.6 Å². The fraction of sp³-hybridized carbons (Fsp3) is 0.478. The van der Waals surface area contributed by atoms with Crippen LogP contribution in [0.1, 0.15) is 25.7 Å². The largest absolute Gasteiger partial charge is 0.341 e. The molecule has 2 aromatic heterocycles. The molecule has 0 spiro atoms. The Balaban J connectivity index is 1.32. The minimum atomic E-state index is -0.460. The monoisotopic (exact) mass is 455 g/mol. The number of hydrogen-bond donors (Lipinski definition) is 1. The topological polar surface area (TPSA) is 70.1 Å². The summed E-state index contributed by atoms with van der Waals surface area (Å²) in [7, 11) is 2.22. The summed E-state index contributed by atoms with van der Waals surface area (Å²) in [4.78, 5) is 22.7. The molecule has 5 rings (SSSR count). The predicted octanol–water partition coefficient (Wildman–Crippen LogP) is 4.51. The highest BCUT2D eigenvalue weighted by atomic mass is 35.5. The van der Waals surface area contributed by atoms with Gasteiger partial charge in [0.15, 0.2) is 5.82 Å². The van der Waals surface area contributed by atoms with E-state index >= 15 is 0 Å². The summed E-state index contributed by atoms with van der Waals surface area (Å²) in [6.07, 6.45) is 8.19. The smallest absolute Gasteiger partial charge is 0.226 e. The second kappa shape index (κ2) is 9.11. The Kier molecular flexibility index (Phi) is 6.06. The van der Waals surface area contributed by atoms with Crippen molar-refractivity contribution in [1.82, 2.24) is 24.8 Å². The fourth-order valence-electron chi connectivity index (χ4n) is 4.87. The SMILES string of the molecule is CN1CCC(C2CCN(c3ncc4ncnc(Nc5ccc(F)c(Cl)c5)c4n3)CC2)CC1. The average Bonchev–Trinajstić information content (AvgIpc) is 2.82. The van der Waals surface area contributed by atoms with Gasteiger partial charge >= 0.3 is 0 Å². The first-order valence-corrected chi connectivity index (χ1v) is 11.6. The second-order valence-corrected chi connectivity index (χ2v) is 9.25. The number of piperidine rings is 2. The van der Waals surface area contributed by atoms with E-state index in [0.29, 0.717) is 28.5 Å². The lowest BCUT2D eigenvalue weighted by molar-refractivity contribution is 0.153. The molecular weight excluding hydrogens is 429 g/mol. The van der Waals surface area contributed by atoms with Gasteiger partial charge in [0.1, 0.15) is 23.2 Å². The molecule has 0 amide bonds. The molecule has 3 aromatic rings. The van der Waals surface area contributed by atoms with Gasteiger partial charge in [0.25, 0.3) is 0 Å². The molecule has 9 heteroatoms. The molecule has 2 saturated heterocycles. The molecule has 0 atom stereocenters. The molecule has 2 fully saturated rings. The zero-order chi connectivity index (χ0) is 22.1. The molecule has 1 aromatic carbocycles. The van der Waals surface area contributed by atoms with Gasteiger partial charge < -0.3 is 15.1 Å². The molecule has 0 radical (unpaired) electrons. The quantitative estimate of drug-likeness (QED) is 0.620. The van der Waals surface area contributed by atoms with Gasteiger partial charge in [-0.1, -0.05) is 11.6 Å². The Hall–Kier alpha value is -2.58.